The molecule has 8 heteroatoms. The largest absolute Gasteiger partial charge is 0.373 e. The number of anilines is 1. The summed E-state index contributed by atoms with van der Waals surface area (Å²) in [6.45, 7) is 1.71. The van der Waals surface area contributed by atoms with Gasteiger partial charge in [-0.2, -0.15) is 5.10 Å². The molecular weight excluding hydrogens is 422 g/mol. The molecule has 1 spiro atoms. The number of ether oxygens (including phenoxy) is 1. The van der Waals surface area contributed by atoms with Crippen molar-refractivity contribution in [1.82, 2.24) is 20.1 Å². The van der Waals surface area contributed by atoms with Gasteiger partial charge in [-0.25, -0.2) is 4.98 Å². The number of hydrogen-bond donors (Lipinski definition) is 2. The second-order valence-electron chi connectivity index (χ2n) is 7.84. The van der Waals surface area contributed by atoms with E-state index in [9.17, 15) is 4.79 Å². The van der Waals surface area contributed by atoms with Gasteiger partial charge >= 0.3 is 0 Å². The molecule has 7 nitrogen and oxygen atoms in total. The van der Waals surface area contributed by atoms with Crippen LogP contribution in [0.25, 0.3) is 6.08 Å². The van der Waals surface area contributed by atoms with Gasteiger partial charge in [0, 0.05) is 24.3 Å². The number of nitrogens with zero attached hydrogens (tertiary/aromatic N) is 3. The fourth-order valence-electron chi connectivity index (χ4n) is 4.29. The van der Waals surface area contributed by atoms with Gasteiger partial charge in [0.25, 0.3) is 0 Å². The Morgan fingerprint density at radius 3 is 3.14 bits per heavy atom. The zero-order valence-corrected chi connectivity index (χ0v) is 17.0. The summed E-state index contributed by atoms with van der Waals surface area (Å²) in [7, 11) is 0. The van der Waals surface area contributed by atoms with Crippen LogP contribution in [-0.2, 0) is 22.7 Å². The minimum Gasteiger partial charge on any atom is -0.373 e. The molecule has 3 atom stereocenters. The Balaban J connectivity index is 1.41. The molecule has 0 unspecified atom stereocenters. The summed E-state index contributed by atoms with van der Waals surface area (Å²) in [5.74, 6) is 0.533. The number of amides is 1. The standard InChI is InChI=1S/C20H22BrN5O2/c21-17-4-3-13-12-28-9-1-2-14-5-7-26(25-14)8-6-20-10-15(22-16(20)11-20)19(27)24-18(13)23-17/h1-5,7,15-16,22H,6,8-12H2,(H,23,24,27)/b2-1-/t15-,16+,20-/m0/s1. The first kappa shape index (κ1) is 18.0. The molecule has 28 heavy (non-hydrogen) atoms. The number of piperidine rings is 1. The number of halogens is 1. The van der Waals surface area contributed by atoms with Crippen LogP contribution in [0, 0.1) is 5.41 Å². The Morgan fingerprint density at radius 1 is 1.29 bits per heavy atom. The highest BCUT2D eigenvalue weighted by Crippen LogP contribution is 2.57. The quantitative estimate of drug-likeness (QED) is 0.611. The number of carbonyl (C=O) groups excluding carboxylic acids is 1. The van der Waals surface area contributed by atoms with Crippen molar-refractivity contribution in [2.75, 3.05) is 11.9 Å². The maximum atomic E-state index is 12.9. The molecule has 0 radical (unpaired) electrons. The zero-order valence-electron chi connectivity index (χ0n) is 15.4. The van der Waals surface area contributed by atoms with Crippen molar-refractivity contribution in [3.05, 3.63) is 46.3 Å². The fourth-order valence-corrected chi connectivity index (χ4v) is 4.60. The molecule has 2 aromatic rings. The molecule has 2 fully saturated rings. The first-order chi connectivity index (χ1) is 13.6. The van der Waals surface area contributed by atoms with E-state index in [-0.39, 0.29) is 17.4 Å². The van der Waals surface area contributed by atoms with Gasteiger partial charge in [0.1, 0.15) is 10.4 Å². The molecule has 146 valence electrons. The summed E-state index contributed by atoms with van der Waals surface area (Å²) in [5, 5.41) is 11.1. The van der Waals surface area contributed by atoms with E-state index in [0.717, 1.165) is 37.1 Å². The number of fused-ring (bicyclic) bond motifs is 4. The second-order valence-corrected chi connectivity index (χ2v) is 8.66. The zero-order chi connectivity index (χ0) is 19.1. The third kappa shape index (κ3) is 3.52. The highest BCUT2D eigenvalue weighted by molar-refractivity contribution is 9.10. The van der Waals surface area contributed by atoms with Gasteiger partial charge in [-0.05, 0) is 58.8 Å². The normalized spacial score (nSPS) is 30.7. The summed E-state index contributed by atoms with van der Waals surface area (Å²) in [5.41, 5.74) is 2.01. The van der Waals surface area contributed by atoms with Crippen molar-refractivity contribution in [2.45, 2.75) is 44.5 Å². The number of carbonyl (C=O) groups is 1. The SMILES string of the molecule is O=C1Nc2nc(Br)ccc2COC/C=C\c2ccn(n2)CC[C@@]23C[C@@H]1N[C@@H]2C3. The van der Waals surface area contributed by atoms with E-state index in [1.807, 2.05) is 41.2 Å². The van der Waals surface area contributed by atoms with Crippen LogP contribution in [0.15, 0.2) is 35.1 Å². The molecule has 2 aliphatic heterocycles. The van der Waals surface area contributed by atoms with E-state index in [1.54, 1.807) is 0 Å². The number of pyridine rings is 1. The molecule has 4 heterocycles. The molecule has 1 saturated carbocycles. The topological polar surface area (TPSA) is 81.1 Å². The maximum Gasteiger partial charge on any atom is 0.242 e. The van der Waals surface area contributed by atoms with Gasteiger partial charge in [0.05, 0.1) is 24.9 Å². The molecule has 2 N–H and O–H groups in total. The highest BCUT2D eigenvalue weighted by atomic mass is 79.9. The molecule has 5 rings (SSSR count). The average molecular weight is 444 g/mol. The molecule has 4 bridgehead atoms. The van der Waals surface area contributed by atoms with Crippen LogP contribution in [0.3, 0.4) is 0 Å². The van der Waals surface area contributed by atoms with Gasteiger partial charge < -0.3 is 15.4 Å². The summed E-state index contributed by atoms with van der Waals surface area (Å²) >= 11 is 3.39. The van der Waals surface area contributed by atoms with Gasteiger partial charge in [-0.15, -0.1) is 0 Å². The number of nitrogens with one attached hydrogen (secondary N) is 2. The molecular formula is C20H22BrN5O2. The lowest BCUT2D eigenvalue weighted by Gasteiger charge is -2.17. The van der Waals surface area contributed by atoms with Crippen LogP contribution in [-0.4, -0.2) is 39.4 Å². The van der Waals surface area contributed by atoms with Crippen molar-refractivity contribution in [3.63, 3.8) is 0 Å². The smallest absolute Gasteiger partial charge is 0.242 e. The number of aryl methyl sites for hydroxylation is 1. The van der Waals surface area contributed by atoms with E-state index in [2.05, 4.69) is 36.6 Å². The first-order valence-corrected chi connectivity index (χ1v) is 10.4. The van der Waals surface area contributed by atoms with Crippen LogP contribution in [0.4, 0.5) is 5.82 Å². The summed E-state index contributed by atoms with van der Waals surface area (Å²) < 4.78 is 8.43. The second kappa shape index (κ2) is 7.09. The monoisotopic (exact) mass is 443 g/mol. The lowest BCUT2D eigenvalue weighted by molar-refractivity contribution is -0.118. The Kier molecular flexibility index (Phi) is 4.57. The van der Waals surface area contributed by atoms with Crippen molar-refractivity contribution in [2.24, 2.45) is 5.41 Å². The van der Waals surface area contributed by atoms with Crippen molar-refractivity contribution >= 4 is 33.7 Å². The first-order valence-electron chi connectivity index (χ1n) is 9.61. The van der Waals surface area contributed by atoms with Gasteiger partial charge in [-0.1, -0.05) is 12.1 Å². The Hall–Kier alpha value is -2.03. The number of aromatic nitrogens is 3. The molecule has 1 aliphatic carbocycles. The van der Waals surface area contributed by atoms with Crippen LogP contribution in [0.2, 0.25) is 0 Å². The lowest BCUT2D eigenvalue weighted by atomic mass is 9.95. The Bertz CT molecular complexity index is 942. The number of rotatable bonds is 0. The van der Waals surface area contributed by atoms with E-state index >= 15 is 0 Å². The van der Waals surface area contributed by atoms with Crippen LogP contribution in [0.5, 0.6) is 0 Å². The van der Waals surface area contributed by atoms with Crippen molar-refractivity contribution in [1.29, 1.82) is 0 Å². The minimum absolute atomic E-state index is 0.0241. The highest BCUT2D eigenvalue weighted by Gasteiger charge is 2.60. The third-order valence-corrected chi connectivity index (χ3v) is 6.41. The van der Waals surface area contributed by atoms with Crippen molar-refractivity contribution < 1.29 is 9.53 Å². The van der Waals surface area contributed by atoms with E-state index in [1.165, 1.54) is 0 Å². The van der Waals surface area contributed by atoms with Crippen LogP contribution in [0.1, 0.15) is 30.5 Å². The van der Waals surface area contributed by atoms with Gasteiger partial charge in [-0.3, -0.25) is 9.48 Å². The van der Waals surface area contributed by atoms with Gasteiger partial charge in [0.2, 0.25) is 5.91 Å². The average Bonchev–Trinajstić information content (AvgIpc) is 3.02. The van der Waals surface area contributed by atoms with Crippen LogP contribution < -0.4 is 10.6 Å². The lowest BCUT2D eigenvalue weighted by Crippen LogP contribution is -2.38. The van der Waals surface area contributed by atoms with Crippen molar-refractivity contribution in [3.8, 4) is 0 Å². The van der Waals surface area contributed by atoms with E-state index in [0.29, 0.717) is 29.7 Å². The van der Waals surface area contributed by atoms with E-state index < -0.39 is 0 Å². The fraction of sp³-hybridized carbons (Fsp3) is 0.450. The maximum absolute atomic E-state index is 12.9. The minimum atomic E-state index is -0.182. The Labute approximate surface area is 171 Å². The summed E-state index contributed by atoms with van der Waals surface area (Å²) in [6.07, 6.45) is 8.97. The Morgan fingerprint density at radius 2 is 2.21 bits per heavy atom. The molecule has 3 aliphatic rings. The molecule has 1 saturated heterocycles. The predicted octanol–water partition coefficient (Wildman–Crippen LogP) is 2.73. The third-order valence-electron chi connectivity index (χ3n) is 5.97. The van der Waals surface area contributed by atoms with E-state index in [4.69, 9.17) is 4.74 Å². The molecule has 0 aromatic carbocycles. The molecule has 1 amide bonds. The number of hydrogen-bond acceptors (Lipinski definition) is 5. The summed E-state index contributed by atoms with van der Waals surface area (Å²) in [4.78, 5) is 17.3. The van der Waals surface area contributed by atoms with Crippen LogP contribution >= 0.6 is 15.9 Å². The van der Waals surface area contributed by atoms with Gasteiger partial charge in [0.15, 0.2) is 0 Å². The summed E-state index contributed by atoms with van der Waals surface area (Å²) in [6, 6.07) is 6.04. The molecule has 2 aromatic heterocycles. The predicted molar refractivity (Wildman–Crippen MR) is 108 cm³/mol.